The molecule has 0 saturated carbocycles. The first-order valence-electron chi connectivity index (χ1n) is 19.8. The number of hydrogen-bond acceptors (Lipinski definition) is 3. The first kappa shape index (κ1) is 36.1. The van der Waals surface area contributed by atoms with Crippen molar-refractivity contribution in [2.75, 3.05) is 0 Å². The molecule has 3 nitrogen and oxygen atoms in total. The van der Waals surface area contributed by atoms with Crippen molar-refractivity contribution in [1.82, 2.24) is 0 Å². The van der Waals surface area contributed by atoms with Crippen molar-refractivity contribution in [3.8, 4) is 0 Å². The zero-order valence-electron chi connectivity index (χ0n) is 31.8. The van der Waals surface area contributed by atoms with Gasteiger partial charge in [0.05, 0.1) is 0 Å². The summed E-state index contributed by atoms with van der Waals surface area (Å²) in [6.45, 7) is 0. The predicted octanol–water partition coefficient (Wildman–Crippen LogP) is 9.32. The minimum absolute atomic E-state index is 1.04. The highest BCUT2D eigenvalue weighted by Crippen LogP contribution is 2.58. The van der Waals surface area contributed by atoms with Gasteiger partial charge in [-0.1, -0.05) is 243 Å². The normalized spacial score (nSPS) is 16.7. The van der Waals surface area contributed by atoms with Gasteiger partial charge in [-0.3, -0.25) is 0 Å². The fraction of sp³-hybridized carbons (Fsp3) is 0. The molecule has 0 aromatic heterocycles. The van der Waals surface area contributed by atoms with Gasteiger partial charge in [-0.05, 0) is 54.1 Å². The highest BCUT2D eigenvalue weighted by atomic mass is 28.5. The molecular weight excluding hydrogens is 757 g/mol. The third-order valence-electron chi connectivity index (χ3n) is 11.1. The molecule has 0 aliphatic carbocycles. The second kappa shape index (κ2) is 15.3. The van der Waals surface area contributed by atoms with E-state index >= 15 is 0 Å². The first-order chi connectivity index (χ1) is 28.7. The number of benzene rings is 8. The monoisotopic (exact) mass is 796 g/mol. The maximum atomic E-state index is 8.48. The van der Waals surface area contributed by atoms with Crippen molar-refractivity contribution < 1.29 is 12.3 Å². The summed E-state index contributed by atoms with van der Waals surface area (Å²) in [7, 11) is -11.5. The molecule has 1 saturated heterocycles. The van der Waals surface area contributed by atoms with Gasteiger partial charge in [0.25, 0.3) is 0 Å². The number of allylic oxidation sites excluding steroid dienone is 2. The minimum Gasteiger partial charge on any atom is -0.402 e. The number of rotatable bonds is 8. The molecule has 0 N–H and O–H groups in total. The lowest BCUT2D eigenvalue weighted by Gasteiger charge is -2.54. The Hall–Kier alpha value is -6.23. The predicted molar refractivity (Wildman–Crippen MR) is 244 cm³/mol. The smallest absolute Gasteiger partial charge is 0.392 e. The van der Waals surface area contributed by atoms with Crippen LogP contribution in [-0.4, -0.2) is 25.7 Å². The van der Waals surface area contributed by atoms with Crippen LogP contribution in [-0.2, 0) is 12.3 Å². The van der Waals surface area contributed by atoms with Gasteiger partial charge in [-0.25, -0.2) is 0 Å². The van der Waals surface area contributed by atoms with E-state index in [4.69, 9.17) is 12.3 Å². The lowest BCUT2D eigenvalue weighted by atomic mass is 9.89. The van der Waals surface area contributed by atoms with E-state index < -0.39 is 25.7 Å². The summed E-state index contributed by atoms with van der Waals surface area (Å²) in [5.41, 5.74) is 6.60. The zero-order chi connectivity index (χ0) is 38.8. The fourth-order valence-electron chi connectivity index (χ4n) is 8.68. The van der Waals surface area contributed by atoms with Crippen LogP contribution in [0.2, 0.25) is 0 Å². The van der Waals surface area contributed by atoms with Crippen LogP contribution in [0.15, 0.2) is 243 Å². The summed E-state index contributed by atoms with van der Waals surface area (Å²) in [6, 6.07) is 86.0. The SMILES string of the molecule is c1ccc(C2=C(c3ccccc3)[Si]3(O[Si](c4ccccc4)(c4ccccc4)O[Si](c4ccccc4)(c4ccccc4)O3)C(c3ccccc3)=C2c2ccccc2)cc1. The maximum absolute atomic E-state index is 8.48. The van der Waals surface area contributed by atoms with E-state index in [9.17, 15) is 0 Å². The lowest BCUT2D eigenvalue weighted by molar-refractivity contribution is 0.270. The molecule has 278 valence electrons. The molecule has 2 heterocycles. The molecule has 0 unspecified atom stereocenters. The van der Waals surface area contributed by atoms with E-state index in [1.165, 1.54) is 0 Å². The molecule has 8 aromatic carbocycles. The van der Waals surface area contributed by atoms with Gasteiger partial charge >= 0.3 is 25.7 Å². The molecule has 0 amide bonds. The van der Waals surface area contributed by atoms with E-state index in [1.807, 2.05) is 0 Å². The summed E-state index contributed by atoms with van der Waals surface area (Å²) < 4.78 is 25.1. The van der Waals surface area contributed by atoms with Crippen LogP contribution in [0, 0.1) is 0 Å². The quantitative estimate of drug-likeness (QED) is 0.144. The molecule has 8 aromatic rings. The highest BCUT2D eigenvalue weighted by Gasteiger charge is 2.71. The maximum Gasteiger partial charge on any atom is 0.392 e. The summed E-state index contributed by atoms with van der Waals surface area (Å²) in [6.07, 6.45) is 0. The van der Waals surface area contributed by atoms with Crippen molar-refractivity contribution in [2.24, 2.45) is 0 Å². The highest BCUT2D eigenvalue weighted by molar-refractivity contribution is 7.21. The Labute approximate surface area is 343 Å². The van der Waals surface area contributed by atoms with Crippen LogP contribution in [0.3, 0.4) is 0 Å². The molecule has 1 spiro atoms. The number of hydrogen-bond donors (Lipinski definition) is 0. The standard InChI is InChI=1S/C52H40O3Si3/c1-9-25-41(26-10-1)49-50(42-27-11-2-12-28-42)52(44-31-15-4-16-32-44)58(51(49)43-29-13-3-14-30-43)54-56(45-33-17-5-18-34-45,46-35-19-6-20-36-46)53-57(55-58,47-37-21-7-22-38-47)48-39-23-8-24-40-48/h1-40H. The second-order valence-electron chi connectivity index (χ2n) is 14.6. The Bertz CT molecular complexity index is 2440. The molecule has 0 bridgehead atoms. The fourth-order valence-corrected chi connectivity index (χ4v) is 26.3. The molecule has 2 aliphatic heterocycles. The second-order valence-corrected chi connectivity index (χ2v) is 24.0. The third-order valence-corrected chi connectivity index (χ3v) is 24.8. The van der Waals surface area contributed by atoms with E-state index in [2.05, 4.69) is 243 Å². The minimum atomic E-state index is -4.00. The van der Waals surface area contributed by atoms with Gasteiger partial charge in [0.15, 0.2) is 0 Å². The van der Waals surface area contributed by atoms with Crippen molar-refractivity contribution in [1.29, 1.82) is 0 Å². The van der Waals surface area contributed by atoms with Gasteiger partial charge in [0.1, 0.15) is 0 Å². The van der Waals surface area contributed by atoms with E-state index in [-0.39, 0.29) is 0 Å². The molecule has 0 atom stereocenters. The summed E-state index contributed by atoms with van der Waals surface area (Å²) in [5, 5.41) is 6.33. The summed E-state index contributed by atoms with van der Waals surface area (Å²) in [5.74, 6) is 0. The van der Waals surface area contributed by atoms with E-state index in [0.717, 1.165) is 64.5 Å². The Balaban J connectivity index is 1.45. The van der Waals surface area contributed by atoms with Gasteiger partial charge in [-0.2, -0.15) is 0 Å². The molecule has 58 heavy (non-hydrogen) atoms. The lowest BCUT2D eigenvalue weighted by Crippen LogP contribution is -2.84. The average Bonchev–Trinajstić information content (AvgIpc) is 3.60. The van der Waals surface area contributed by atoms with Crippen LogP contribution in [0.4, 0.5) is 0 Å². The third kappa shape index (κ3) is 6.06. The molecule has 1 fully saturated rings. The van der Waals surface area contributed by atoms with Crippen molar-refractivity contribution in [3.63, 3.8) is 0 Å². The van der Waals surface area contributed by atoms with Gasteiger partial charge in [0.2, 0.25) is 0 Å². The van der Waals surface area contributed by atoms with E-state index in [0.29, 0.717) is 0 Å². The van der Waals surface area contributed by atoms with Crippen LogP contribution in [0.5, 0.6) is 0 Å². The van der Waals surface area contributed by atoms with Crippen LogP contribution in [0.1, 0.15) is 22.3 Å². The van der Waals surface area contributed by atoms with Crippen molar-refractivity contribution in [2.45, 2.75) is 0 Å². The van der Waals surface area contributed by atoms with Gasteiger partial charge < -0.3 is 12.3 Å². The summed E-state index contributed by atoms with van der Waals surface area (Å²) >= 11 is 0. The Morgan fingerprint density at radius 1 is 0.207 bits per heavy atom. The van der Waals surface area contributed by atoms with E-state index in [1.54, 1.807) is 0 Å². The Kier molecular flexibility index (Phi) is 9.51. The van der Waals surface area contributed by atoms with Gasteiger partial charge in [-0.15, -0.1) is 0 Å². The van der Waals surface area contributed by atoms with Crippen LogP contribution >= 0.6 is 0 Å². The zero-order valence-corrected chi connectivity index (χ0v) is 34.8. The van der Waals surface area contributed by atoms with Crippen molar-refractivity contribution in [3.05, 3.63) is 265 Å². The topological polar surface area (TPSA) is 27.7 Å². The molecule has 0 radical (unpaired) electrons. The Morgan fingerprint density at radius 3 is 0.672 bits per heavy atom. The van der Waals surface area contributed by atoms with Crippen LogP contribution < -0.4 is 20.7 Å². The largest absolute Gasteiger partial charge is 0.402 e. The molecule has 2 aliphatic rings. The van der Waals surface area contributed by atoms with Crippen LogP contribution in [0.25, 0.3) is 21.5 Å². The molecular formula is C52H40O3Si3. The average molecular weight is 797 g/mol. The van der Waals surface area contributed by atoms with Crippen molar-refractivity contribution >= 4 is 68.0 Å². The summed E-state index contributed by atoms with van der Waals surface area (Å²) in [4.78, 5) is 0. The Morgan fingerprint density at radius 2 is 0.414 bits per heavy atom. The first-order valence-corrected chi connectivity index (χ1v) is 25.2. The molecule has 10 rings (SSSR count). The van der Waals surface area contributed by atoms with Gasteiger partial charge in [0, 0.05) is 10.4 Å². The molecule has 6 heteroatoms.